The molecule has 0 aromatic rings. The van der Waals surface area contributed by atoms with Gasteiger partial charge in [0, 0.05) is 7.11 Å². The molecule has 0 rings (SSSR count). The molecular weight excluding hydrogens is 219 g/mol. The molecule has 2 atom stereocenters. The molecule has 0 saturated heterocycles. The molecule has 0 aliphatic carbocycles. The Balaban J connectivity index is 3.80. The third-order valence-electron chi connectivity index (χ3n) is 1.76. The highest BCUT2D eigenvalue weighted by molar-refractivity contribution is 7.48. The lowest BCUT2D eigenvalue weighted by Crippen LogP contribution is -2.06. The molecule has 0 aromatic carbocycles. The SMILES string of the molecule is CCCCOP(=O)(OC)OCCC(C)O. The largest absolute Gasteiger partial charge is 0.474 e. The van der Waals surface area contributed by atoms with Crippen molar-refractivity contribution in [1.29, 1.82) is 0 Å². The Labute approximate surface area is 91.3 Å². The Morgan fingerprint density at radius 2 is 1.93 bits per heavy atom. The molecular formula is C9H21O5P. The van der Waals surface area contributed by atoms with Crippen molar-refractivity contribution >= 4 is 7.82 Å². The highest BCUT2D eigenvalue weighted by Gasteiger charge is 2.24. The topological polar surface area (TPSA) is 65.0 Å². The minimum absolute atomic E-state index is 0.162. The van der Waals surface area contributed by atoms with E-state index in [0.717, 1.165) is 12.8 Å². The lowest BCUT2D eigenvalue weighted by atomic mass is 10.3. The first-order chi connectivity index (χ1) is 7.04. The summed E-state index contributed by atoms with van der Waals surface area (Å²) >= 11 is 0. The third kappa shape index (κ3) is 7.94. The Morgan fingerprint density at radius 1 is 1.33 bits per heavy atom. The van der Waals surface area contributed by atoms with Crippen LogP contribution in [0, 0.1) is 0 Å². The van der Waals surface area contributed by atoms with Gasteiger partial charge in [-0.3, -0.25) is 13.6 Å². The molecule has 92 valence electrons. The van der Waals surface area contributed by atoms with Gasteiger partial charge in [0.1, 0.15) is 0 Å². The summed E-state index contributed by atoms with van der Waals surface area (Å²) in [6, 6.07) is 0. The third-order valence-corrected chi connectivity index (χ3v) is 3.20. The van der Waals surface area contributed by atoms with E-state index in [9.17, 15) is 4.57 Å². The number of phosphoric ester groups is 1. The standard InChI is InChI=1S/C9H21O5P/c1-4-5-7-13-15(11,12-3)14-8-6-9(2)10/h9-10H,4-8H2,1-3H3. The first kappa shape index (κ1) is 15.1. The van der Waals surface area contributed by atoms with Gasteiger partial charge in [0.2, 0.25) is 0 Å². The van der Waals surface area contributed by atoms with Crippen molar-refractivity contribution in [3.8, 4) is 0 Å². The molecule has 0 radical (unpaired) electrons. The van der Waals surface area contributed by atoms with Gasteiger partial charge in [-0.1, -0.05) is 13.3 Å². The van der Waals surface area contributed by atoms with Crippen molar-refractivity contribution in [2.45, 2.75) is 39.2 Å². The summed E-state index contributed by atoms with van der Waals surface area (Å²) in [5.41, 5.74) is 0. The molecule has 0 fully saturated rings. The maximum absolute atomic E-state index is 11.7. The summed E-state index contributed by atoms with van der Waals surface area (Å²) in [5.74, 6) is 0. The second-order valence-electron chi connectivity index (χ2n) is 3.29. The number of hydrogen-bond donors (Lipinski definition) is 1. The lowest BCUT2D eigenvalue weighted by molar-refractivity contribution is 0.106. The summed E-state index contributed by atoms with van der Waals surface area (Å²) in [4.78, 5) is 0. The Kier molecular flexibility index (Phi) is 8.29. The molecule has 2 unspecified atom stereocenters. The van der Waals surface area contributed by atoms with Gasteiger partial charge < -0.3 is 5.11 Å². The van der Waals surface area contributed by atoms with E-state index in [1.165, 1.54) is 7.11 Å². The fourth-order valence-corrected chi connectivity index (χ4v) is 1.77. The van der Waals surface area contributed by atoms with Crippen molar-refractivity contribution in [2.24, 2.45) is 0 Å². The van der Waals surface area contributed by atoms with Crippen molar-refractivity contribution in [3.05, 3.63) is 0 Å². The number of rotatable bonds is 9. The van der Waals surface area contributed by atoms with Gasteiger partial charge in [-0.2, -0.15) is 0 Å². The van der Waals surface area contributed by atoms with E-state index in [1.807, 2.05) is 6.92 Å². The van der Waals surface area contributed by atoms with Crippen LogP contribution in [0.5, 0.6) is 0 Å². The first-order valence-corrected chi connectivity index (χ1v) is 6.63. The zero-order valence-corrected chi connectivity index (χ0v) is 10.5. The average molecular weight is 240 g/mol. The molecule has 15 heavy (non-hydrogen) atoms. The minimum atomic E-state index is -3.40. The summed E-state index contributed by atoms with van der Waals surface area (Å²) in [7, 11) is -2.11. The summed E-state index contributed by atoms with van der Waals surface area (Å²) in [6.45, 7) is 4.17. The van der Waals surface area contributed by atoms with Gasteiger partial charge in [-0.25, -0.2) is 4.57 Å². The summed E-state index contributed by atoms with van der Waals surface area (Å²) in [5, 5.41) is 8.98. The van der Waals surface area contributed by atoms with E-state index in [4.69, 9.17) is 18.7 Å². The van der Waals surface area contributed by atoms with Crippen molar-refractivity contribution < 1.29 is 23.2 Å². The van der Waals surface area contributed by atoms with Crippen LogP contribution in [0.3, 0.4) is 0 Å². The van der Waals surface area contributed by atoms with Crippen LogP contribution >= 0.6 is 7.82 Å². The monoisotopic (exact) mass is 240 g/mol. The molecule has 0 aliphatic heterocycles. The molecule has 0 amide bonds. The second kappa shape index (κ2) is 8.25. The fourth-order valence-electron chi connectivity index (χ4n) is 0.798. The van der Waals surface area contributed by atoms with Gasteiger partial charge in [-0.05, 0) is 19.8 Å². The highest BCUT2D eigenvalue weighted by atomic mass is 31.2. The van der Waals surface area contributed by atoms with Crippen LogP contribution in [0.1, 0.15) is 33.1 Å². The van der Waals surface area contributed by atoms with Gasteiger partial charge in [0.15, 0.2) is 0 Å². The number of aliphatic hydroxyl groups is 1. The predicted octanol–water partition coefficient (Wildman–Crippen LogP) is 2.35. The van der Waals surface area contributed by atoms with E-state index < -0.39 is 13.9 Å². The van der Waals surface area contributed by atoms with E-state index in [2.05, 4.69) is 0 Å². The van der Waals surface area contributed by atoms with E-state index in [-0.39, 0.29) is 6.61 Å². The Hall–Kier alpha value is 0.0700. The quantitative estimate of drug-likeness (QED) is 0.495. The van der Waals surface area contributed by atoms with Crippen LogP contribution in [0.4, 0.5) is 0 Å². The molecule has 1 N–H and O–H groups in total. The number of aliphatic hydroxyl groups excluding tert-OH is 1. The fraction of sp³-hybridized carbons (Fsp3) is 1.00. The second-order valence-corrected chi connectivity index (χ2v) is 5.06. The molecule has 0 aromatic heterocycles. The maximum atomic E-state index is 11.7. The smallest absolute Gasteiger partial charge is 0.393 e. The maximum Gasteiger partial charge on any atom is 0.474 e. The molecule has 0 heterocycles. The zero-order chi connectivity index (χ0) is 11.7. The van der Waals surface area contributed by atoms with E-state index in [1.54, 1.807) is 6.92 Å². The number of phosphoric acid groups is 1. The molecule has 5 nitrogen and oxygen atoms in total. The van der Waals surface area contributed by atoms with Crippen LogP contribution in [0.15, 0.2) is 0 Å². The molecule has 0 spiro atoms. The molecule has 0 saturated carbocycles. The van der Waals surface area contributed by atoms with Crippen LogP contribution in [-0.4, -0.2) is 31.5 Å². The zero-order valence-electron chi connectivity index (χ0n) is 9.64. The van der Waals surface area contributed by atoms with Crippen molar-refractivity contribution in [2.75, 3.05) is 20.3 Å². The number of hydrogen-bond acceptors (Lipinski definition) is 5. The highest BCUT2D eigenvalue weighted by Crippen LogP contribution is 2.48. The van der Waals surface area contributed by atoms with Crippen LogP contribution in [0.2, 0.25) is 0 Å². The van der Waals surface area contributed by atoms with E-state index >= 15 is 0 Å². The van der Waals surface area contributed by atoms with Crippen LogP contribution in [-0.2, 0) is 18.1 Å². The minimum Gasteiger partial charge on any atom is -0.393 e. The van der Waals surface area contributed by atoms with Gasteiger partial charge >= 0.3 is 7.82 Å². The summed E-state index contributed by atoms with van der Waals surface area (Å²) in [6.07, 6.45) is 1.69. The van der Waals surface area contributed by atoms with Crippen molar-refractivity contribution in [3.63, 3.8) is 0 Å². The van der Waals surface area contributed by atoms with Gasteiger partial charge in [0.05, 0.1) is 19.3 Å². The Bertz CT molecular complexity index is 195. The molecule has 0 bridgehead atoms. The average Bonchev–Trinajstić information content (AvgIpc) is 2.18. The Morgan fingerprint density at radius 3 is 2.40 bits per heavy atom. The first-order valence-electron chi connectivity index (χ1n) is 5.17. The van der Waals surface area contributed by atoms with Gasteiger partial charge in [-0.15, -0.1) is 0 Å². The lowest BCUT2D eigenvalue weighted by Gasteiger charge is -2.16. The van der Waals surface area contributed by atoms with Crippen LogP contribution < -0.4 is 0 Å². The normalized spacial score (nSPS) is 17.3. The van der Waals surface area contributed by atoms with Gasteiger partial charge in [0.25, 0.3) is 0 Å². The van der Waals surface area contributed by atoms with Crippen LogP contribution in [0.25, 0.3) is 0 Å². The predicted molar refractivity (Wildman–Crippen MR) is 57.7 cm³/mol. The molecule has 0 aliphatic rings. The number of unbranched alkanes of at least 4 members (excludes halogenated alkanes) is 1. The molecule has 6 heteroatoms. The van der Waals surface area contributed by atoms with Crippen molar-refractivity contribution in [1.82, 2.24) is 0 Å². The van der Waals surface area contributed by atoms with E-state index in [0.29, 0.717) is 13.0 Å². The summed E-state index contributed by atoms with van der Waals surface area (Å²) < 4.78 is 26.4.